The van der Waals surface area contributed by atoms with Crippen molar-refractivity contribution in [1.29, 1.82) is 0 Å². The summed E-state index contributed by atoms with van der Waals surface area (Å²) in [4.78, 5) is 21.2. The van der Waals surface area contributed by atoms with Crippen LogP contribution in [0.25, 0.3) is 0 Å². The number of urea groups is 1. The number of anilines is 1. The van der Waals surface area contributed by atoms with Crippen LogP contribution < -0.4 is 15.4 Å². The Morgan fingerprint density at radius 2 is 1.95 bits per heavy atom. The third-order valence-corrected chi connectivity index (χ3v) is 7.34. The van der Waals surface area contributed by atoms with Crippen molar-refractivity contribution in [3.05, 3.63) is 71.6 Å². The number of rotatable bonds is 5. The van der Waals surface area contributed by atoms with Crippen molar-refractivity contribution < 1.29 is 18.7 Å². The van der Waals surface area contributed by atoms with Gasteiger partial charge in [0.05, 0.1) is 12.2 Å². The normalized spacial score (nSPS) is 23.8. The minimum atomic E-state index is -0.441. The summed E-state index contributed by atoms with van der Waals surface area (Å²) in [6.07, 6.45) is 3.75. The molecule has 2 aromatic rings. The lowest BCUT2D eigenvalue weighted by atomic mass is 9.95. The summed E-state index contributed by atoms with van der Waals surface area (Å²) in [7, 11) is 1.70. The number of methoxy groups -OCH3 is 1. The van der Waals surface area contributed by atoms with Crippen LogP contribution in [0.15, 0.2) is 59.6 Å². The van der Waals surface area contributed by atoms with E-state index in [-0.39, 0.29) is 36.0 Å². The van der Waals surface area contributed by atoms with Crippen LogP contribution in [0.1, 0.15) is 24.0 Å². The number of aliphatic imine (C=N–C) groups is 1. The molecule has 0 aliphatic carbocycles. The van der Waals surface area contributed by atoms with E-state index in [2.05, 4.69) is 53.7 Å². The molecule has 0 spiro atoms. The first kappa shape index (κ1) is 25.2. The van der Waals surface area contributed by atoms with Gasteiger partial charge in [0.25, 0.3) is 0 Å². The molecule has 9 heteroatoms. The average Bonchev–Trinajstić information content (AvgIpc) is 3.26. The highest BCUT2D eigenvalue weighted by molar-refractivity contribution is 5.94. The number of fused-ring (bicyclic) bond motifs is 1. The molecular weight excluding hydrogens is 473 g/mol. The number of halogens is 1. The first-order valence-corrected chi connectivity index (χ1v) is 12.8. The van der Waals surface area contributed by atoms with Crippen molar-refractivity contribution >= 4 is 17.6 Å². The smallest absolute Gasteiger partial charge is 0.322 e. The average molecular weight is 508 g/mol. The number of ether oxygens (including phenoxy) is 2. The standard InChI is InChI=1S/C28H34FN5O3/c1-18-7-6-8-21-19(2)26(37-25(18)21)27(36-3)31-20-11-12-24(30-17-20)33-13-15-34(16-14-33)28(35)32-23-10-5-4-9-22(23)29/h4-12,19-20,26-27,31H,13-17H2,1-3H3,(H,32,35). The van der Waals surface area contributed by atoms with Crippen LogP contribution in [0, 0.1) is 12.7 Å². The highest BCUT2D eigenvalue weighted by Gasteiger charge is 2.38. The molecule has 2 aromatic carbocycles. The zero-order chi connectivity index (χ0) is 25.9. The molecule has 2 N–H and O–H groups in total. The summed E-state index contributed by atoms with van der Waals surface area (Å²) < 4.78 is 26.0. The number of carbonyl (C=O) groups is 1. The Balaban J connectivity index is 1.12. The molecule has 196 valence electrons. The third-order valence-electron chi connectivity index (χ3n) is 7.34. The fourth-order valence-corrected chi connectivity index (χ4v) is 5.16. The molecular formula is C28H34FN5O3. The number of hydrogen-bond donors (Lipinski definition) is 2. The SMILES string of the molecule is COC(NC1C=CC(N2CCN(C(=O)Nc3ccccc3F)CC2)=NC1)C1Oc2c(C)cccc2C1C. The Hall–Kier alpha value is -3.43. The van der Waals surface area contributed by atoms with Crippen LogP contribution in [-0.2, 0) is 4.74 Å². The van der Waals surface area contributed by atoms with Gasteiger partial charge >= 0.3 is 6.03 Å². The summed E-state index contributed by atoms with van der Waals surface area (Å²) in [5, 5.41) is 6.21. The number of piperazine rings is 1. The minimum Gasteiger partial charge on any atom is -0.485 e. The summed E-state index contributed by atoms with van der Waals surface area (Å²) in [6, 6.07) is 12.2. The minimum absolute atomic E-state index is 0.0298. The summed E-state index contributed by atoms with van der Waals surface area (Å²) in [5.41, 5.74) is 2.55. The van der Waals surface area contributed by atoms with Crippen molar-refractivity contribution in [3.63, 3.8) is 0 Å². The molecule has 1 saturated heterocycles. The van der Waals surface area contributed by atoms with E-state index >= 15 is 0 Å². The second-order valence-electron chi connectivity index (χ2n) is 9.74. The third kappa shape index (κ3) is 5.33. The van der Waals surface area contributed by atoms with E-state index < -0.39 is 5.82 Å². The Kier molecular flexibility index (Phi) is 7.43. The molecule has 0 radical (unpaired) electrons. The number of hydrogen-bond acceptors (Lipinski definition) is 6. The summed E-state index contributed by atoms with van der Waals surface area (Å²) in [6.45, 7) is 7.24. The fraction of sp³-hybridized carbons (Fsp3) is 0.429. The second-order valence-corrected chi connectivity index (χ2v) is 9.74. The maximum Gasteiger partial charge on any atom is 0.322 e. The van der Waals surface area contributed by atoms with Crippen molar-refractivity contribution in [2.75, 3.05) is 45.2 Å². The van der Waals surface area contributed by atoms with Crippen molar-refractivity contribution in [2.24, 2.45) is 4.99 Å². The van der Waals surface area contributed by atoms with Gasteiger partial charge < -0.3 is 24.6 Å². The number of nitrogens with one attached hydrogen (secondary N) is 2. The number of amides is 2. The molecule has 3 aliphatic heterocycles. The highest BCUT2D eigenvalue weighted by atomic mass is 19.1. The number of aryl methyl sites for hydroxylation is 1. The van der Waals surface area contributed by atoms with Crippen molar-refractivity contribution in [2.45, 2.75) is 38.1 Å². The molecule has 4 atom stereocenters. The quantitative estimate of drug-likeness (QED) is 0.603. The molecule has 0 aromatic heterocycles. The predicted molar refractivity (Wildman–Crippen MR) is 142 cm³/mol. The molecule has 4 unspecified atom stereocenters. The van der Waals surface area contributed by atoms with Crippen LogP contribution in [0.4, 0.5) is 14.9 Å². The van der Waals surface area contributed by atoms with E-state index in [1.807, 2.05) is 6.08 Å². The largest absolute Gasteiger partial charge is 0.485 e. The van der Waals surface area contributed by atoms with Gasteiger partial charge in [0.15, 0.2) is 0 Å². The van der Waals surface area contributed by atoms with Crippen molar-refractivity contribution in [1.82, 2.24) is 15.1 Å². The maximum atomic E-state index is 13.9. The molecule has 1 fully saturated rings. The Morgan fingerprint density at radius 1 is 1.16 bits per heavy atom. The first-order chi connectivity index (χ1) is 17.9. The maximum absolute atomic E-state index is 13.9. The summed E-state index contributed by atoms with van der Waals surface area (Å²) >= 11 is 0. The molecule has 0 bridgehead atoms. The van der Waals surface area contributed by atoms with Gasteiger partial charge in [0.1, 0.15) is 29.7 Å². The fourth-order valence-electron chi connectivity index (χ4n) is 5.16. The molecule has 3 heterocycles. The Labute approximate surface area is 217 Å². The van der Waals surface area contributed by atoms with Gasteiger partial charge in [-0.15, -0.1) is 0 Å². The highest BCUT2D eigenvalue weighted by Crippen LogP contribution is 2.41. The van der Waals surface area contributed by atoms with Gasteiger partial charge in [0.2, 0.25) is 0 Å². The van der Waals surface area contributed by atoms with E-state index in [1.165, 1.54) is 11.6 Å². The van der Waals surface area contributed by atoms with Crippen LogP contribution in [0.3, 0.4) is 0 Å². The van der Waals surface area contributed by atoms with E-state index in [9.17, 15) is 9.18 Å². The number of benzene rings is 2. The summed E-state index contributed by atoms with van der Waals surface area (Å²) in [5.74, 6) is 1.65. The van der Waals surface area contributed by atoms with Gasteiger partial charge in [-0.25, -0.2) is 9.18 Å². The van der Waals surface area contributed by atoms with Gasteiger partial charge in [-0.1, -0.05) is 43.3 Å². The Morgan fingerprint density at radius 3 is 2.62 bits per heavy atom. The molecule has 5 rings (SSSR count). The monoisotopic (exact) mass is 507 g/mol. The number of carbonyl (C=O) groups excluding carboxylic acids is 1. The molecule has 8 nitrogen and oxygen atoms in total. The van der Waals surface area contributed by atoms with E-state index in [4.69, 9.17) is 14.5 Å². The Bertz CT molecular complexity index is 1190. The van der Waals surface area contributed by atoms with E-state index in [0.717, 1.165) is 17.1 Å². The lowest BCUT2D eigenvalue weighted by Gasteiger charge is -2.37. The lowest BCUT2D eigenvalue weighted by molar-refractivity contribution is -0.0215. The second kappa shape index (κ2) is 10.9. The van der Waals surface area contributed by atoms with Crippen LogP contribution in [-0.4, -0.2) is 79.9 Å². The molecule has 3 aliphatic rings. The van der Waals surface area contributed by atoms with Crippen LogP contribution >= 0.6 is 0 Å². The van der Waals surface area contributed by atoms with E-state index in [1.54, 1.807) is 30.2 Å². The number of nitrogens with zero attached hydrogens (tertiary/aromatic N) is 3. The van der Waals surface area contributed by atoms with Gasteiger partial charge in [-0.2, -0.15) is 0 Å². The number of amidine groups is 1. The predicted octanol–water partition coefficient (Wildman–Crippen LogP) is 3.75. The van der Waals surface area contributed by atoms with Crippen molar-refractivity contribution in [3.8, 4) is 5.75 Å². The lowest BCUT2D eigenvalue weighted by Crippen LogP contribution is -2.53. The zero-order valence-corrected chi connectivity index (χ0v) is 21.5. The molecule has 0 saturated carbocycles. The molecule has 37 heavy (non-hydrogen) atoms. The molecule has 2 amide bonds. The van der Waals surface area contributed by atoms with Gasteiger partial charge in [-0.3, -0.25) is 10.3 Å². The topological polar surface area (TPSA) is 78.4 Å². The van der Waals surface area contributed by atoms with Crippen LogP contribution in [0.5, 0.6) is 5.75 Å². The van der Waals surface area contributed by atoms with Gasteiger partial charge in [0, 0.05) is 50.8 Å². The first-order valence-electron chi connectivity index (χ1n) is 12.8. The van der Waals surface area contributed by atoms with Gasteiger partial charge in [-0.05, 0) is 30.7 Å². The van der Waals surface area contributed by atoms with Crippen LogP contribution in [0.2, 0.25) is 0 Å². The zero-order valence-electron chi connectivity index (χ0n) is 21.5. The van der Waals surface area contributed by atoms with E-state index in [0.29, 0.717) is 32.7 Å². The number of dihydropyridines is 1. The number of para-hydroxylation sites is 2.